The van der Waals surface area contributed by atoms with Crippen LogP contribution in [0, 0.1) is 0 Å². The molecule has 1 aliphatic heterocycles. The van der Waals surface area contributed by atoms with Crippen molar-refractivity contribution >= 4 is 47.4 Å². The third-order valence-electron chi connectivity index (χ3n) is 3.25. The third kappa shape index (κ3) is 5.03. The molecule has 0 atom stereocenters. The minimum absolute atomic E-state index is 0. The summed E-state index contributed by atoms with van der Waals surface area (Å²) in [5, 5.41) is 0.702. The van der Waals surface area contributed by atoms with Crippen LogP contribution >= 0.6 is 35.6 Å². The number of hydrogen-bond donors (Lipinski definition) is 1. The highest BCUT2D eigenvalue weighted by Gasteiger charge is 2.24. The summed E-state index contributed by atoms with van der Waals surface area (Å²) in [5.41, 5.74) is 6.90. The summed E-state index contributed by atoms with van der Waals surface area (Å²) in [7, 11) is 0. The van der Waals surface area contributed by atoms with Gasteiger partial charge < -0.3 is 15.5 Å². The number of amides is 1. The Bertz CT molecular complexity index is 506. The molecule has 2 rings (SSSR count). The van der Waals surface area contributed by atoms with Gasteiger partial charge in [0.2, 0.25) is 5.91 Å². The zero-order chi connectivity index (χ0) is 14.5. The van der Waals surface area contributed by atoms with Crippen molar-refractivity contribution in [3.63, 3.8) is 0 Å². The molecule has 1 aliphatic rings. The van der Waals surface area contributed by atoms with Crippen molar-refractivity contribution in [3.05, 3.63) is 34.9 Å². The molecule has 7 heteroatoms. The number of carbonyl (C=O) groups excluding carboxylic acids is 1. The van der Waals surface area contributed by atoms with Gasteiger partial charge >= 0.3 is 0 Å². The average molecular weight is 423 g/mol. The number of halogens is 2. The molecule has 0 radical (unpaired) electrons. The van der Waals surface area contributed by atoms with E-state index in [0.717, 1.165) is 5.56 Å². The van der Waals surface area contributed by atoms with E-state index in [4.69, 9.17) is 17.3 Å². The van der Waals surface area contributed by atoms with Crippen molar-refractivity contribution in [2.45, 2.75) is 13.5 Å². The Morgan fingerprint density at radius 1 is 1.33 bits per heavy atom. The molecule has 1 fully saturated rings. The van der Waals surface area contributed by atoms with E-state index in [9.17, 15) is 4.79 Å². The van der Waals surface area contributed by atoms with Crippen molar-refractivity contribution in [1.29, 1.82) is 0 Å². The van der Waals surface area contributed by atoms with E-state index < -0.39 is 0 Å². The first-order chi connectivity index (χ1) is 9.60. The second-order valence-electron chi connectivity index (χ2n) is 4.70. The molecule has 0 saturated carbocycles. The normalized spacial score (nSPS) is 15.9. The SMILES string of the molecule is CCN=C(N)N1CCN(Cc2ccc(Cl)cc2)C(=O)C1.I. The van der Waals surface area contributed by atoms with Gasteiger partial charge in [-0.3, -0.25) is 9.79 Å². The fraction of sp³-hybridized carbons (Fsp3) is 0.429. The Morgan fingerprint density at radius 2 is 2.00 bits per heavy atom. The standard InChI is InChI=1S/C14H19ClN4O.HI/c1-2-17-14(16)19-8-7-18(13(20)10-19)9-11-3-5-12(15)6-4-11;/h3-6H,2,7-10H2,1H3,(H2,16,17);1H. The molecule has 1 aromatic rings. The number of rotatable bonds is 3. The summed E-state index contributed by atoms with van der Waals surface area (Å²) in [5.74, 6) is 0.521. The molecule has 1 heterocycles. The van der Waals surface area contributed by atoms with Crippen LogP contribution in [-0.2, 0) is 11.3 Å². The van der Waals surface area contributed by atoms with Gasteiger partial charge in [-0.2, -0.15) is 0 Å². The maximum absolute atomic E-state index is 12.1. The number of aliphatic imine (C=N–C) groups is 1. The van der Waals surface area contributed by atoms with Gasteiger partial charge in [-0.05, 0) is 24.6 Å². The van der Waals surface area contributed by atoms with E-state index in [0.29, 0.717) is 43.7 Å². The molecule has 2 N–H and O–H groups in total. The van der Waals surface area contributed by atoms with Crippen LogP contribution in [0.1, 0.15) is 12.5 Å². The Kier molecular flexibility index (Phi) is 7.24. The smallest absolute Gasteiger partial charge is 0.242 e. The lowest BCUT2D eigenvalue weighted by Crippen LogP contribution is -2.53. The summed E-state index contributed by atoms with van der Waals surface area (Å²) in [4.78, 5) is 19.9. The van der Waals surface area contributed by atoms with E-state index >= 15 is 0 Å². The van der Waals surface area contributed by atoms with Gasteiger partial charge in [0.15, 0.2) is 5.96 Å². The van der Waals surface area contributed by atoms with Crippen LogP contribution in [0.2, 0.25) is 5.02 Å². The summed E-state index contributed by atoms with van der Waals surface area (Å²) in [6.45, 7) is 4.82. The Hall–Kier alpha value is -1.02. The second kappa shape index (κ2) is 8.43. The number of carbonyl (C=O) groups is 1. The number of hydrogen-bond acceptors (Lipinski definition) is 2. The molecule has 0 bridgehead atoms. The highest BCUT2D eigenvalue weighted by atomic mass is 127. The van der Waals surface area contributed by atoms with Gasteiger partial charge in [-0.15, -0.1) is 24.0 Å². The fourth-order valence-corrected chi connectivity index (χ4v) is 2.27. The van der Waals surface area contributed by atoms with Crippen LogP contribution < -0.4 is 5.73 Å². The lowest BCUT2D eigenvalue weighted by atomic mass is 10.2. The molecule has 1 aromatic carbocycles. The molecule has 0 spiro atoms. The van der Waals surface area contributed by atoms with E-state index in [1.165, 1.54) is 0 Å². The van der Waals surface area contributed by atoms with Crippen molar-refractivity contribution in [3.8, 4) is 0 Å². The first kappa shape index (κ1) is 18.0. The Labute approximate surface area is 147 Å². The second-order valence-corrected chi connectivity index (χ2v) is 5.13. The van der Waals surface area contributed by atoms with Crippen LogP contribution in [0.5, 0.6) is 0 Å². The van der Waals surface area contributed by atoms with Gasteiger partial charge in [0, 0.05) is 31.2 Å². The molecule has 1 amide bonds. The van der Waals surface area contributed by atoms with Crippen LogP contribution in [0.15, 0.2) is 29.3 Å². The monoisotopic (exact) mass is 422 g/mol. The lowest BCUT2D eigenvalue weighted by Gasteiger charge is -2.34. The molecule has 5 nitrogen and oxygen atoms in total. The van der Waals surface area contributed by atoms with Crippen molar-refractivity contribution < 1.29 is 4.79 Å². The molecular formula is C14H20ClIN4O. The number of guanidine groups is 1. The highest BCUT2D eigenvalue weighted by molar-refractivity contribution is 14.0. The van der Waals surface area contributed by atoms with Gasteiger partial charge in [0.1, 0.15) is 0 Å². The largest absolute Gasteiger partial charge is 0.370 e. The Morgan fingerprint density at radius 3 is 2.57 bits per heavy atom. The number of piperazine rings is 1. The van der Waals surface area contributed by atoms with Crippen LogP contribution in [0.3, 0.4) is 0 Å². The maximum atomic E-state index is 12.1. The van der Waals surface area contributed by atoms with Crippen LogP contribution in [0.25, 0.3) is 0 Å². The zero-order valence-electron chi connectivity index (χ0n) is 12.0. The molecule has 0 aliphatic carbocycles. The van der Waals surface area contributed by atoms with Gasteiger partial charge in [-0.1, -0.05) is 23.7 Å². The van der Waals surface area contributed by atoms with Gasteiger partial charge in [0.25, 0.3) is 0 Å². The van der Waals surface area contributed by atoms with Crippen LogP contribution in [0.4, 0.5) is 0 Å². The summed E-state index contributed by atoms with van der Waals surface area (Å²) in [6, 6.07) is 7.55. The van der Waals surface area contributed by atoms with E-state index in [2.05, 4.69) is 4.99 Å². The predicted molar refractivity (Wildman–Crippen MR) is 96.0 cm³/mol. The minimum atomic E-state index is 0. The molecular weight excluding hydrogens is 403 g/mol. The Balaban J connectivity index is 0.00000220. The number of nitrogens with zero attached hydrogens (tertiary/aromatic N) is 3. The summed E-state index contributed by atoms with van der Waals surface area (Å²) >= 11 is 5.85. The topological polar surface area (TPSA) is 61.9 Å². The molecule has 116 valence electrons. The zero-order valence-corrected chi connectivity index (χ0v) is 15.0. The van der Waals surface area contributed by atoms with Crippen molar-refractivity contribution in [1.82, 2.24) is 9.80 Å². The van der Waals surface area contributed by atoms with Crippen molar-refractivity contribution in [2.75, 3.05) is 26.2 Å². The minimum Gasteiger partial charge on any atom is -0.370 e. The van der Waals surface area contributed by atoms with E-state index in [1.807, 2.05) is 41.0 Å². The molecule has 1 saturated heterocycles. The van der Waals surface area contributed by atoms with E-state index in [-0.39, 0.29) is 29.9 Å². The van der Waals surface area contributed by atoms with Gasteiger partial charge in [0.05, 0.1) is 6.54 Å². The van der Waals surface area contributed by atoms with Gasteiger partial charge in [-0.25, -0.2) is 0 Å². The quantitative estimate of drug-likeness (QED) is 0.460. The molecule has 0 aromatic heterocycles. The van der Waals surface area contributed by atoms with Crippen molar-refractivity contribution in [2.24, 2.45) is 10.7 Å². The number of benzene rings is 1. The maximum Gasteiger partial charge on any atom is 0.242 e. The predicted octanol–water partition coefficient (Wildman–Crippen LogP) is 1.94. The lowest BCUT2D eigenvalue weighted by molar-refractivity contribution is -0.135. The summed E-state index contributed by atoms with van der Waals surface area (Å²) in [6.07, 6.45) is 0. The first-order valence-corrected chi connectivity index (χ1v) is 7.05. The van der Waals surface area contributed by atoms with E-state index in [1.54, 1.807) is 0 Å². The third-order valence-corrected chi connectivity index (χ3v) is 3.50. The number of nitrogens with two attached hydrogens (primary N) is 1. The summed E-state index contributed by atoms with van der Waals surface area (Å²) < 4.78 is 0. The highest BCUT2D eigenvalue weighted by Crippen LogP contribution is 2.13. The average Bonchev–Trinajstić information content (AvgIpc) is 2.43. The first-order valence-electron chi connectivity index (χ1n) is 6.67. The molecule has 21 heavy (non-hydrogen) atoms. The van der Waals surface area contributed by atoms with Crippen LogP contribution in [-0.4, -0.2) is 47.8 Å². The fourth-order valence-electron chi connectivity index (χ4n) is 2.14. The molecule has 0 unspecified atom stereocenters.